The van der Waals surface area contributed by atoms with Crippen LogP contribution >= 0.6 is 0 Å². The van der Waals surface area contributed by atoms with Crippen LogP contribution in [0.2, 0.25) is 0 Å². The van der Waals surface area contributed by atoms with E-state index in [9.17, 15) is 0 Å². The molecule has 5 nitrogen and oxygen atoms in total. The molecule has 1 aliphatic rings. The van der Waals surface area contributed by atoms with E-state index in [4.69, 9.17) is 4.74 Å². The fourth-order valence-electron chi connectivity index (χ4n) is 2.75. The molecule has 1 atom stereocenters. The van der Waals surface area contributed by atoms with Crippen LogP contribution < -0.4 is 5.32 Å². The smallest absolute Gasteiger partial charge is 0.203 e. The minimum absolute atomic E-state index is 0.463. The third-order valence-corrected chi connectivity index (χ3v) is 3.82. The van der Waals surface area contributed by atoms with Crippen LogP contribution in [0.1, 0.15) is 39.2 Å². The highest BCUT2D eigenvalue weighted by Crippen LogP contribution is 2.17. The summed E-state index contributed by atoms with van der Waals surface area (Å²) >= 11 is 0. The average molecular weight is 280 g/mol. The molecule has 1 aromatic rings. The second-order valence-electron chi connectivity index (χ2n) is 5.49. The Kier molecular flexibility index (Phi) is 6.33. The topological polar surface area (TPSA) is 42.3 Å². The van der Waals surface area contributed by atoms with Gasteiger partial charge in [-0.1, -0.05) is 0 Å². The molecule has 1 aromatic heterocycles. The zero-order valence-corrected chi connectivity index (χ0v) is 12.8. The fourth-order valence-corrected chi connectivity index (χ4v) is 2.75. The van der Waals surface area contributed by atoms with E-state index in [0.717, 1.165) is 38.7 Å². The number of ether oxygens (including phenoxy) is 1. The molecular formula is C15H28N4O. The first-order valence-corrected chi connectivity index (χ1v) is 7.88. The van der Waals surface area contributed by atoms with Crippen molar-refractivity contribution >= 4 is 5.95 Å². The Bertz CT molecular complexity index is 374. The zero-order valence-electron chi connectivity index (χ0n) is 12.8. The minimum atomic E-state index is 0.463. The van der Waals surface area contributed by atoms with Gasteiger partial charge in [-0.15, -0.1) is 0 Å². The Labute approximate surface area is 122 Å². The zero-order chi connectivity index (χ0) is 14.2. The average Bonchev–Trinajstić information content (AvgIpc) is 3.09. The van der Waals surface area contributed by atoms with Gasteiger partial charge in [-0.25, -0.2) is 4.98 Å². The van der Waals surface area contributed by atoms with Crippen LogP contribution in [-0.4, -0.2) is 53.8 Å². The molecule has 0 spiro atoms. The quantitative estimate of drug-likeness (QED) is 0.705. The molecule has 0 bridgehead atoms. The molecule has 2 heterocycles. The molecule has 114 valence electrons. The van der Waals surface area contributed by atoms with Crippen molar-refractivity contribution < 1.29 is 4.74 Å². The Balaban J connectivity index is 1.77. The normalized spacial score (nSPS) is 17.5. The first-order valence-electron chi connectivity index (χ1n) is 7.88. The molecule has 20 heavy (non-hydrogen) atoms. The molecule has 1 saturated heterocycles. The standard InChI is InChI=1S/C15H28N4O/c1-3-20-12-6-7-16-15-17-8-11-19(15)14(2)13-18-9-4-5-10-18/h8,11,14H,3-7,9-10,12-13H2,1-2H3,(H,16,17). The summed E-state index contributed by atoms with van der Waals surface area (Å²) in [5, 5.41) is 3.41. The van der Waals surface area contributed by atoms with Gasteiger partial charge in [0.2, 0.25) is 5.95 Å². The lowest BCUT2D eigenvalue weighted by molar-refractivity contribution is 0.147. The van der Waals surface area contributed by atoms with Gasteiger partial charge in [0.1, 0.15) is 0 Å². The summed E-state index contributed by atoms with van der Waals surface area (Å²) in [6.07, 6.45) is 7.66. The van der Waals surface area contributed by atoms with Gasteiger partial charge in [0.15, 0.2) is 0 Å². The lowest BCUT2D eigenvalue weighted by atomic mass is 10.3. The highest BCUT2D eigenvalue weighted by atomic mass is 16.5. The van der Waals surface area contributed by atoms with Crippen molar-refractivity contribution in [2.24, 2.45) is 0 Å². The maximum Gasteiger partial charge on any atom is 0.203 e. The lowest BCUT2D eigenvalue weighted by Crippen LogP contribution is -2.27. The number of aromatic nitrogens is 2. The Hall–Kier alpha value is -1.07. The molecule has 0 aliphatic carbocycles. The summed E-state index contributed by atoms with van der Waals surface area (Å²) < 4.78 is 7.59. The predicted octanol–water partition coefficient (Wildman–Crippen LogP) is 2.38. The van der Waals surface area contributed by atoms with Gasteiger partial charge >= 0.3 is 0 Å². The number of rotatable bonds is 9. The summed E-state index contributed by atoms with van der Waals surface area (Å²) in [6, 6.07) is 0.463. The molecule has 2 rings (SSSR count). The van der Waals surface area contributed by atoms with Gasteiger partial charge in [0.25, 0.3) is 0 Å². The first kappa shape index (κ1) is 15.3. The third kappa shape index (κ3) is 4.49. The van der Waals surface area contributed by atoms with Gasteiger partial charge in [-0.2, -0.15) is 0 Å². The molecule has 1 fully saturated rings. The molecule has 1 unspecified atom stereocenters. The van der Waals surface area contributed by atoms with Gasteiger partial charge < -0.3 is 19.5 Å². The summed E-state index contributed by atoms with van der Waals surface area (Å²) in [4.78, 5) is 6.97. The highest BCUT2D eigenvalue weighted by molar-refractivity contribution is 5.26. The lowest BCUT2D eigenvalue weighted by Gasteiger charge is -2.23. The van der Waals surface area contributed by atoms with E-state index in [1.165, 1.54) is 25.9 Å². The molecule has 5 heteroatoms. The maximum atomic E-state index is 5.35. The fraction of sp³-hybridized carbons (Fsp3) is 0.800. The number of nitrogens with one attached hydrogen (secondary N) is 1. The van der Waals surface area contributed by atoms with Crippen molar-refractivity contribution in [2.45, 2.75) is 39.2 Å². The van der Waals surface area contributed by atoms with Crippen LogP contribution in [0, 0.1) is 0 Å². The minimum Gasteiger partial charge on any atom is -0.382 e. The molecule has 0 amide bonds. The predicted molar refractivity (Wildman–Crippen MR) is 82.2 cm³/mol. The van der Waals surface area contributed by atoms with Crippen LogP contribution in [0.4, 0.5) is 5.95 Å². The van der Waals surface area contributed by atoms with Crippen LogP contribution in [-0.2, 0) is 4.74 Å². The van der Waals surface area contributed by atoms with Crippen molar-refractivity contribution in [1.29, 1.82) is 0 Å². The largest absolute Gasteiger partial charge is 0.382 e. The van der Waals surface area contributed by atoms with Gasteiger partial charge in [0.05, 0.1) is 0 Å². The van der Waals surface area contributed by atoms with Gasteiger partial charge in [-0.05, 0) is 46.2 Å². The summed E-state index contributed by atoms with van der Waals surface area (Å²) in [7, 11) is 0. The van der Waals surface area contributed by atoms with Crippen molar-refractivity contribution in [3.63, 3.8) is 0 Å². The van der Waals surface area contributed by atoms with E-state index in [-0.39, 0.29) is 0 Å². The second-order valence-corrected chi connectivity index (χ2v) is 5.49. The van der Waals surface area contributed by atoms with E-state index in [0.29, 0.717) is 6.04 Å². The monoisotopic (exact) mass is 280 g/mol. The molecular weight excluding hydrogens is 252 g/mol. The number of nitrogens with zero attached hydrogens (tertiary/aromatic N) is 3. The summed E-state index contributed by atoms with van der Waals surface area (Å²) in [6.45, 7) is 10.4. The molecule has 0 saturated carbocycles. The Morgan fingerprint density at radius 1 is 1.40 bits per heavy atom. The summed E-state index contributed by atoms with van der Waals surface area (Å²) in [5.74, 6) is 0.980. The van der Waals surface area contributed by atoms with Crippen LogP contribution in [0.5, 0.6) is 0 Å². The third-order valence-electron chi connectivity index (χ3n) is 3.82. The molecule has 1 aliphatic heterocycles. The Morgan fingerprint density at radius 2 is 2.20 bits per heavy atom. The number of anilines is 1. The number of likely N-dealkylation sites (tertiary alicyclic amines) is 1. The van der Waals surface area contributed by atoms with E-state index >= 15 is 0 Å². The van der Waals surface area contributed by atoms with Crippen LogP contribution in [0.3, 0.4) is 0 Å². The molecule has 1 N–H and O–H groups in total. The van der Waals surface area contributed by atoms with Crippen molar-refractivity contribution in [1.82, 2.24) is 14.5 Å². The highest BCUT2D eigenvalue weighted by Gasteiger charge is 2.17. The number of hydrogen-bond donors (Lipinski definition) is 1. The van der Waals surface area contributed by atoms with Crippen molar-refractivity contribution in [3.05, 3.63) is 12.4 Å². The SMILES string of the molecule is CCOCCCNc1nccn1C(C)CN1CCCC1. The number of imidazole rings is 1. The van der Waals surface area contributed by atoms with Gasteiger partial charge in [-0.3, -0.25) is 0 Å². The first-order chi connectivity index (χ1) is 9.81. The second kappa shape index (κ2) is 8.27. The van der Waals surface area contributed by atoms with Crippen molar-refractivity contribution in [3.8, 4) is 0 Å². The van der Waals surface area contributed by atoms with Gasteiger partial charge in [0, 0.05) is 44.7 Å². The van der Waals surface area contributed by atoms with Crippen molar-refractivity contribution in [2.75, 3.05) is 44.7 Å². The van der Waals surface area contributed by atoms with Crippen LogP contribution in [0.25, 0.3) is 0 Å². The van der Waals surface area contributed by atoms with E-state index < -0.39 is 0 Å². The van der Waals surface area contributed by atoms with E-state index in [2.05, 4.69) is 32.9 Å². The van der Waals surface area contributed by atoms with E-state index in [1.807, 2.05) is 13.1 Å². The maximum absolute atomic E-state index is 5.35. The number of hydrogen-bond acceptors (Lipinski definition) is 4. The molecule has 0 radical (unpaired) electrons. The van der Waals surface area contributed by atoms with Crippen LogP contribution in [0.15, 0.2) is 12.4 Å². The molecule has 0 aromatic carbocycles. The Morgan fingerprint density at radius 3 is 2.95 bits per heavy atom. The van der Waals surface area contributed by atoms with E-state index in [1.54, 1.807) is 0 Å². The summed E-state index contributed by atoms with van der Waals surface area (Å²) in [5.41, 5.74) is 0.